The van der Waals surface area contributed by atoms with Gasteiger partial charge in [-0.25, -0.2) is 4.98 Å². The predicted molar refractivity (Wildman–Crippen MR) is 88.4 cm³/mol. The van der Waals surface area contributed by atoms with E-state index in [1.807, 2.05) is 18.2 Å². The van der Waals surface area contributed by atoms with Gasteiger partial charge in [-0.3, -0.25) is 4.79 Å². The molecule has 0 saturated carbocycles. The molecule has 0 fully saturated rings. The zero-order valence-corrected chi connectivity index (χ0v) is 13.9. The molecule has 0 aliphatic heterocycles. The highest BCUT2D eigenvalue weighted by Crippen LogP contribution is 2.20. The average molecular weight is 348 g/mol. The highest BCUT2D eigenvalue weighted by Gasteiger charge is 2.09. The number of pyridine rings is 1. The summed E-state index contributed by atoms with van der Waals surface area (Å²) in [6.45, 7) is 2.07. The molecule has 1 unspecified atom stereocenters. The number of rotatable bonds is 4. The van der Waals surface area contributed by atoms with Gasteiger partial charge in [-0.15, -0.1) is 0 Å². The number of amides is 1. The molecule has 0 spiro atoms. The van der Waals surface area contributed by atoms with E-state index in [-0.39, 0.29) is 11.9 Å². The molecule has 0 bridgehead atoms. The SMILES string of the molecule is CC(Nc1ccc(C(=O)N(C)C)cn1)c1ccc(Br)cc1. The van der Waals surface area contributed by atoms with Crippen molar-refractivity contribution in [2.24, 2.45) is 0 Å². The summed E-state index contributed by atoms with van der Waals surface area (Å²) in [4.78, 5) is 17.6. The van der Waals surface area contributed by atoms with Crippen LogP contribution in [0.15, 0.2) is 47.1 Å². The third-order valence-corrected chi connectivity index (χ3v) is 3.68. The number of carbonyl (C=O) groups is 1. The molecule has 0 aliphatic carbocycles. The van der Waals surface area contributed by atoms with Crippen molar-refractivity contribution in [3.8, 4) is 0 Å². The molecule has 21 heavy (non-hydrogen) atoms. The molecular formula is C16H18BrN3O. The van der Waals surface area contributed by atoms with E-state index >= 15 is 0 Å². The molecule has 1 amide bonds. The Morgan fingerprint density at radius 1 is 1.19 bits per heavy atom. The minimum atomic E-state index is -0.0463. The van der Waals surface area contributed by atoms with Gasteiger partial charge >= 0.3 is 0 Å². The Kier molecular flexibility index (Phi) is 4.96. The molecule has 1 N–H and O–H groups in total. The van der Waals surface area contributed by atoms with Crippen molar-refractivity contribution >= 4 is 27.7 Å². The van der Waals surface area contributed by atoms with Gasteiger partial charge in [0.15, 0.2) is 0 Å². The van der Waals surface area contributed by atoms with Crippen LogP contribution in [0, 0.1) is 0 Å². The lowest BCUT2D eigenvalue weighted by molar-refractivity contribution is 0.0827. The lowest BCUT2D eigenvalue weighted by Crippen LogP contribution is -2.21. The number of aromatic nitrogens is 1. The second-order valence-electron chi connectivity index (χ2n) is 5.05. The minimum absolute atomic E-state index is 0.0463. The fourth-order valence-electron chi connectivity index (χ4n) is 1.92. The van der Waals surface area contributed by atoms with Crippen molar-refractivity contribution in [1.29, 1.82) is 0 Å². The number of benzene rings is 1. The summed E-state index contributed by atoms with van der Waals surface area (Å²) in [5.74, 6) is 0.704. The van der Waals surface area contributed by atoms with Crippen molar-refractivity contribution in [2.75, 3.05) is 19.4 Å². The smallest absolute Gasteiger partial charge is 0.254 e. The van der Waals surface area contributed by atoms with Gasteiger partial charge in [-0.1, -0.05) is 28.1 Å². The Hall–Kier alpha value is -1.88. The summed E-state index contributed by atoms with van der Waals surface area (Å²) < 4.78 is 1.06. The van der Waals surface area contributed by atoms with Crippen molar-refractivity contribution < 1.29 is 4.79 Å². The monoisotopic (exact) mass is 347 g/mol. The van der Waals surface area contributed by atoms with E-state index in [1.54, 1.807) is 26.4 Å². The molecule has 1 aromatic carbocycles. The van der Waals surface area contributed by atoms with Crippen LogP contribution in [-0.2, 0) is 0 Å². The molecule has 2 aromatic rings. The summed E-state index contributed by atoms with van der Waals surface area (Å²) in [7, 11) is 3.45. The molecule has 1 aromatic heterocycles. The maximum Gasteiger partial charge on any atom is 0.254 e. The Balaban J connectivity index is 2.06. The molecule has 0 radical (unpaired) electrons. The van der Waals surface area contributed by atoms with Gasteiger partial charge in [0.1, 0.15) is 5.82 Å². The van der Waals surface area contributed by atoms with E-state index in [2.05, 4.69) is 45.3 Å². The topological polar surface area (TPSA) is 45.2 Å². The van der Waals surface area contributed by atoms with Gasteiger partial charge in [-0.05, 0) is 36.8 Å². The Labute approximate surface area is 133 Å². The summed E-state index contributed by atoms with van der Waals surface area (Å²) >= 11 is 3.43. The van der Waals surface area contributed by atoms with Gasteiger partial charge in [0.05, 0.1) is 5.56 Å². The number of nitrogens with one attached hydrogen (secondary N) is 1. The summed E-state index contributed by atoms with van der Waals surface area (Å²) in [5, 5.41) is 3.32. The van der Waals surface area contributed by atoms with Crippen LogP contribution in [0.5, 0.6) is 0 Å². The number of anilines is 1. The van der Waals surface area contributed by atoms with Gasteiger partial charge in [0.25, 0.3) is 5.91 Å². The lowest BCUT2D eigenvalue weighted by Gasteiger charge is -2.15. The van der Waals surface area contributed by atoms with Crippen molar-refractivity contribution in [3.63, 3.8) is 0 Å². The average Bonchev–Trinajstić information content (AvgIpc) is 2.47. The third kappa shape index (κ3) is 4.04. The first-order valence-corrected chi connectivity index (χ1v) is 7.46. The van der Waals surface area contributed by atoms with Crippen LogP contribution in [0.3, 0.4) is 0 Å². The van der Waals surface area contributed by atoms with E-state index < -0.39 is 0 Å². The molecule has 0 aliphatic rings. The van der Waals surface area contributed by atoms with Crippen LogP contribution in [0.4, 0.5) is 5.82 Å². The lowest BCUT2D eigenvalue weighted by atomic mass is 10.1. The summed E-state index contributed by atoms with van der Waals surface area (Å²) in [6, 6.07) is 11.9. The maximum atomic E-state index is 11.8. The van der Waals surface area contributed by atoms with Crippen LogP contribution >= 0.6 is 15.9 Å². The van der Waals surface area contributed by atoms with E-state index in [9.17, 15) is 4.79 Å². The molecule has 1 heterocycles. The Morgan fingerprint density at radius 3 is 2.38 bits per heavy atom. The van der Waals surface area contributed by atoms with Crippen LogP contribution in [0.1, 0.15) is 28.9 Å². The molecule has 5 heteroatoms. The fraction of sp³-hybridized carbons (Fsp3) is 0.250. The molecule has 0 saturated heterocycles. The standard InChI is InChI=1S/C16H18BrN3O/c1-11(12-4-7-14(17)8-5-12)19-15-9-6-13(10-18-15)16(21)20(2)3/h4-11H,1-3H3,(H,18,19). The Bertz CT molecular complexity index is 608. The maximum absolute atomic E-state index is 11.8. The molecule has 110 valence electrons. The van der Waals surface area contributed by atoms with Crippen molar-refractivity contribution in [1.82, 2.24) is 9.88 Å². The zero-order valence-electron chi connectivity index (χ0n) is 12.3. The first kappa shape index (κ1) is 15.5. The number of nitrogens with zero attached hydrogens (tertiary/aromatic N) is 2. The van der Waals surface area contributed by atoms with E-state index in [0.29, 0.717) is 5.56 Å². The normalized spacial score (nSPS) is 11.8. The largest absolute Gasteiger partial charge is 0.364 e. The van der Waals surface area contributed by atoms with Gasteiger partial charge in [0.2, 0.25) is 0 Å². The number of hydrogen-bond acceptors (Lipinski definition) is 3. The molecule has 1 atom stereocenters. The molecular weight excluding hydrogens is 330 g/mol. The molecule has 4 nitrogen and oxygen atoms in total. The van der Waals surface area contributed by atoms with E-state index in [0.717, 1.165) is 10.3 Å². The van der Waals surface area contributed by atoms with Crippen LogP contribution in [-0.4, -0.2) is 29.9 Å². The molecule has 2 rings (SSSR count). The fourth-order valence-corrected chi connectivity index (χ4v) is 2.18. The first-order valence-electron chi connectivity index (χ1n) is 6.67. The second-order valence-corrected chi connectivity index (χ2v) is 5.96. The summed E-state index contributed by atoms with van der Waals surface area (Å²) in [6.07, 6.45) is 1.60. The van der Waals surface area contributed by atoms with E-state index in [4.69, 9.17) is 0 Å². The zero-order chi connectivity index (χ0) is 15.4. The highest BCUT2D eigenvalue weighted by molar-refractivity contribution is 9.10. The van der Waals surface area contributed by atoms with Crippen molar-refractivity contribution in [2.45, 2.75) is 13.0 Å². The Morgan fingerprint density at radius 2 is 1.86 bits per heavy atom. The van der Waals surface area contributed by atoms with Gasteiger partial charge in [-0.2, -0.15) is 0 Å². The van der Waals surface area contributed by atoms with Crippen molar-refractivity contribution in [3.05, 3.63) is 58.2 Å². The number of hydrogen-bond donors (Lipinski definition) is 1. The second kappa shape index (κ2) is 6.72. The van der Waals surface area contributed by atoms with E-state index in [1.165, 1.54) is 10.5 Å². The highest BCUT2D eigenvalue weighted by atomic mass is 79.9. The first-order chi connectivity index (χ1) is 9.97. The van der Waals surface area contributed by atoms with Crippen LogP contribution < -0.4 is 5.32 Å². The minimum Gasteiger partial charge on any atom is -0.364 e. The van der Waals surface area contributed by atoms with Gasteiger partial charge in [0, 0.05) is 30.8 Å². The summed E-state index contributed by atoms with van der Waals surface area (Å²) in [5.41, 5.74) is 1.76. The number of halogens is 1. The predicted octanol–water partition coefficient (Wildman–Crippen LogP) is 3.72. The quantitative estimate of drug-likeness (QED) is 0.916. The third-order valence-electron chi connectivity index (χ3n) is 3.15. The van der Waals surface area contributed by atoms with Crippen LogP contribution in [0.25, 0.3) is 0 Å². The van der Waals surface area contributed by atoms with Crippen LogP contribution in [0.2, 0.25) is 0 Å². The number of carbonyl (C=O) groups excluding carboxylic acids is 1. The van der Waals surface area contributed by atoms with Gasteiger partial charge < -0.3 is 10.2 Å².